The van der Waals surface area contributed by atoms with Crippen LogP contribution >= 0.6 is 11.3 Å². The number of nitrogens with one attached hydrogen (secondary N) is 1. The second-order valence-corrected chi connectivity index (χ2v) is 3.63. The molecular formula is C9H6N2S. The molecule has 3 aromatic heterocycles. The van der Waals surface area contributed by atoms with Crippen molar-refractivity contribution in [3.8, 4) is 0 Å². The van der Waals surface area contributed by atoms with Crippen molar-refractivity contribution in [2.24, 2.45) is 0 Å². The Morgan fingerprint density at radius 1 is 1.25 bits per heavy atom. The molecule has 0 spiro atoms. The minimum atomic E-state index is 1.12. The third-order valence-electron chi connectivity index (χ3n) is 2.02. The van der Waals surface area contributed by atoms with Crippen molar-refractivity contribution < 1.29 is 0 Å². The molecule has 0 atom stereocenters. The zero-order valence-corrected chi connectivity index (χ0v) is 7.06. The number of rotatable bonds is 0. The summed E-state index contributed by atoms with van der Waals surface area (Å²) in [5.41, 5.74) is 1.12. The van der Waals surface area contributed by atoms with Crippen molar-refractivity contribution >= 4 is 32.5 Å². The van der Waals surface area contributed by atoms with Gasteiger partial charge in [0.1, 0.15) is 4.83 Å². The summed E-state index contributed by atoms with van der Waals surface area (Å²) in [5, 5.41) is 4.67. The fourth-order valence-electron chi connectivity index (χ4n) is 1.47. The van der Waals surface area contributed by atoms with E-state index in [4.69, 9.17) is 0 Å². The first kappa shape index (κ1) is 6.20. The van der Waals surface area contributed by atoms with E-state index in [-0.39, 0.29) is 0 Å². The quantitative estimate of drug-likeness (QED) is 0.557. The molecule has 1 N–H and O–H groups in total. The monoisotopic (exact) mass is 174 g/mol. The molecule has 0 aliphatic carbocycles. The molecule has 0 saturated heterocycles. The van der Waals surface area contributed by atoms with E-state index in [1.54, 1.807) is 11.3 Å². The molecule has 0 aromatic carbocycles. The summed E-state index contributed by atoms with van der Waals surface area (Å²) < 4.78 is 0. The molecule has 0 aliphatic heterocycles. The van der Waals surface area contributed by atoms with E-state index in [0.29, 0.717) is 0 Å². The minimum absolute atomic E-state index is 1.12. The normalized spacial score (nSPS) is 11.3. The first-order valence-corrected chi connectivity index (χ1v) is 4.62. The van der Waals surface area contributed by atoms with Gasteiger partial charge in [-0.1, -0.05) is 0 Å². The maximum atomic E-state index is 4.06. The van der Waals surface area contributed by atoms with Gasteiger partial charge in [0.25, 0.3) is 0 Å². The van der Waals surface area contributed by atoms with E-state index in [1.165, 1.54) is 15.6 Å². The average Bonchev–Trinajstić information content (AvgIpc) is 2.62. The van der Waals surface area contributed by atoms with Gasteiger partial charge in [-0.25, -0.2) is 0 Å². The number of aromatic amines is 1. The lowest BCUT2D eigenvalue weighted by Gasteiger charge is -1.84. The van der Waals surface area contributed by atoms with Gasteiger partial charge in [-0.2, -0.15) is 0 Å². The molecule has 0 fully saturated rings. The van der Waals surface area contributed by atoms with Crippen molar-refractivity contribution in [3.63, 3.8) is 0 Å². The number of aromatic nitrogens is 2. The van der Waals surface area contributed by atoms with Crippen LogP contribution in [-0.2, 0) is 0 Å². The maximum absolute atomic E-state index is 4.06. The lowest BCUT2D eigenvalue weighted by Crippen LogP contribution is -1.69. The second kappa shape index (κ2) is 2.08. The van der Waals surface area contributed by atoms with Crippen LogP contribution in [0.4, 0.5) is 0 Å². The summed E-state index contributed by atoms with van der Waals surface area (Å²) in [5.74, 6) is 0. The van der Waals surface area contributed by atoms with Gasteiger partial charge < -0.3 is 4.98 Å². The molecule has 0 saturated carbocycles. The number of hydrogen-bond donors (Lipinski definition) is 1. The van der Waals surface area contributed by atoms with Gasteiger partial charge in [0, 0.05) is 17.0 Å². The molecule has 3 rings (SSSR count). The Morgan fingerprint density at radius 2 is 2.25 bits per heavy atom. The Morgan fingerprint density at radius 3 is 3.25 bits per heavy atom. The summed E-state index contributed by atoms with van der Waals surface area (Å²) in [7, 11) is 0. The largest absolute Gasteiger partial charge is 0.345 e. The van der Waals surface area contributed by atoms with Crippen molar-refractivity contribution in [1.82, 2.24) is 9.97 Å². The first-order valence-electron chi connectivity index (χ1n) is 3.74. The van der Waals surface area contributed by atoms with E-state index in [0.717, 1.165) is 5.52 Å². The average molecular weight is 174 g/mol. The molecule has 0 radical (unpaired) electrons. The fourth-order valence-corrected chi connectivity index (χ4v) is 2.28. The van der Waals surface area contributed by atoms with E-state index in [1.807, 2.05) is 18.5 Å². The number of nitrogens with zero attached hydrogens (tertiary/aromatic N) is 1. The molecule has 0 amide bonds. The van der Waals surface area contributed by atoms with Crippen molar-refractivity contribution in [2.45, 2.75) is 0 Å². The van der Waals surface area contributed by atoms with Crippen molar-refractivity contribution in [3.05, 3.63) is 29.9 Å². The molecule has 3 heteroatoms. The summed E-state index contributed by atoms with van der Waals surface area (Å²) in [4.78, 5) is 8.61. The molecule has 0 aliphatic rings. The van der Waals surface area contributed by atoms with Gasteiger partial charge in [0.15, 0.2) is 0 Å². The van der Waals surface area contributed by atoms with Crippen LogP contribution in [0.5, 0.6) is 0 Å². The standard InChI is InChI=1S/C9H6N2S/c1-3-10-5-8-6(1)7-2-4-12-9(7)11-8/h1-5,11H. The predicted molar refractivity (Wildman–Crippen MR) is 51.5 cm³/mol. The van der Waals surface area contributed by atoms with Crippen molar-refractivity contribution in [2.75, 3.05) is 0 Å². The lowest BCUT2D eigenvalue weighted by atomic mass is 10.2. The Balaban J connectivity index is 2.68. The zero-order chi connectivity index (χ0) is 7.97. The smallest absolute Gasteiger partial charge is 0.101 e. The van der Waals surface area contributed by atoms with Gasteiger partial charge in [-0.15, -0.1) is 11.3 Å². The predicted octanol–water partition coefficient (Wildman–Crippen LogP) is 2.78. The first-order chi connectivity index (χ1) is 5.95. The van der Waals surface area contributed by atoms with Crippen molar-refractivity contribution in [1.29, 1.82) is 0 Å². The van der Waals surface area contributed by atoms with Crippen LogP contribution in [0.3, 0.4) is 0 Å². The minimum Gasteiger partial charge on any atom is -0.345 e. The Hall–Kier alpha value is -1.35. The van der Waals surface area contributed by atoms with Gasteiger partial charge in [-0.05, 0) is 17.5 Å². The topological polar surface area (TPSA) is 28.7 Å². The molecule has 3 heterocycles. The highest BCUT2D eigenvalue weighted by atomic mass is 32.1. The van der Waals surface area contributed by atoms with Gasteiger partial charge in [-0.3, -0.25) is 4.98 Å². The summed E-state index contributed by atoms with van der Waals surface area (Å²) >= 11 is 1.73. The number of pyridine rings is 1. The number of fused-ring (bicyclic) bond motifs is 3. The fraction of sp³-hybridized carbons (Fsp3) is 0. The van der Waals surface area contributed by atoms with Crippen LogP contribution in [0.15, 0.2) is 29.9 Å². The second-order valence-electron chi connectivity index (χ2n) is 2.71. The van der Waals surface area contributed by atoms with E-state index >= 15 is 0 Å². The lowest BCUT2D eigenvalue weighted by molar-refractivity contribution is 1.35. The Kier molecular flexibility index (Phi) is 1.07. The molecule has 58 valence electrons. The highest BCUT2D eigenvalue weighted by Crippen LogP contribution is 2.27. The van der Waals surface area contributed by atoms with Crippen LogP contribution in [-0.4, -0.2) is 9.97 Å². The van der Waals surface area contributed by atoms with Crippen LogP contribution in [0.25, 0.3) is 21.1 Å². The van der Waals surface area contributed by atoms with Gasteiger partial charge >= 0.3 is 0 Å². The van der Waals surface area contributed by atoms with Crippen LogP contribution in [0.1, 0.15) is 0 Å². The molecule has 0 unspecified atom stereocenters. The number of H-pyrrole nitrogens is 1. The van der Waals surface area contributed by atoms with Crippen LogP contribution in [0, 0.1) is 0 Å². The zero-order valence-electron chi connectivity index (χ0n) is 6.24. The third kappa shape index (κ3) is 0.662. The molecular weight excluding hydrogens is 168 g/mol. The highest BCUT2D eigenvalue weighted by molar-refractivity contribution is 7.17. The van der Waals surface area contributed by atoms with Gasteiger partial charge in [0.05, 0.1) is 11.7 Å². The summed E-state index contributed by atoms with van der Waals surface area (Å²) in [6.45, 7) is 0. The van der Waals surface area contributed by atoms with Crippen LogP contribution < -0.4 is 0 Å². The number of thiophene rings is 1. The molecule has 12 heavy (non-hydrogen) atoms. The van der Waals surface area contributed by atoms with E-state index in [2.05, 4.69) is 21.4 Å². The summed E-state index contributed by atoms with van der Waals surface area (Å²) in [6, 6.07) is 4.18. The van der Waals surface area contributed by atoms with E-state index < -0.39 is 0 Å². The molecule has 2 nitrogen and oxygen atoms in total. The maximum Gasteiger partial charge on any atom is 0.101 e. The van der Waals surface area contributed by atoms with Crippen LogP contribution in [0.2, 0.25) is 0 Å². The molecule has 3 aromatic rings. The van der Waals surface area contributed by atoms with Gasteiger partial charge in [0.2, 0.25) is 0 Å². The Bertz CT molecular complexity index is 534. The highest BCUT2D eigenvalue weighted by Gasteiger charge is 2.02. The van der Waals surface area contributed by atoms with E-state index in [9.17, 15) is 0 Å². The SMILES string of the molecule is c1cc2c(cn1)[nH]c1sccc12. The Labute approximate surface area is 72.9 Å². The number of hydrogen-bond acceptors (Lipinski definition) is 2. The summed E-state index contributed by atoms with van der Waals surface area (Å²) in [6.07, 6.45) is 3.69. The molecule has 0 bridgehead atoms. The third-order valence-corrected chi connectivity index (χ3v) is 2.85.